The fraction of sp³-hybridized carbons (Fsp3) is 0.200. The van der Waals surface area contributed by atoms with Gasteiger partial charge in [0.25, 0.3) is 0 Å². The first kappa shape index (κ1) is 12.5. The Kier molecular flexibility index (Phi) is 3.07. The maximum atomic E-state index is 13.6. The second-order valence-corrected chi connectivity index (χ2v) is 4.68. The lowest BCUT2D eigenvalue weighted by Crippen LogP contribution is -2.03. The summed E-state index contributed by atoms with van der Waals surface area (Å²) in [5.74, 6) is -1.63. The molecule has 1 aromatic heterocycles. The van der Waals surface area contributed by atoms with Crippen LogP contribution in [0, 0.1) is 23.0 Å². The predicted octanol–water partition coefficient (Wildman–Crippen LogP) is 3.46. The van der Waals surface area contributed by atoms with E-state index in [1.165, 1.54) is 12.1 Å². The summed E-state index contributed by atoms with van der Waals surface area (Å²) in [6.07, 6.45) is 2.76. The molecule has 0 aliphatic heterocycles. The molecular formula is C15H11F2N3. The highest BCUT2D eigenvalue weighted by atomic mass is 19.2. The van der Waals surface area contributed by atoms with Gasteiger partial charge in [0.15, 0.2) is 11.6 Å². The first-order chi connectivity index (χ1) is 9.69. The van der Waals surface area contributed by atoms with Crippen LogP contribution in [0.25, 0.3) is 0 Å². The number of halogens is 2. The molecule has 0 saturated heterocycles. The fourth-order valence-corrected chi connectivity index (χ4v) is 2.38. The Balaban J connectivity index is 2.03. The molecule has 0 fully saturated rings. The molecule has 0 bridgehead atoms. The van der Waals surface area contributed by atoms with E-state index < -0.39 is 11.6 Å². The minimum absolute atomic E-state index is 0.0213. The number of nitriles is 1. The lowest BCUT2D eigenvalue weighted by atomic mass is 10.1. The van der Waals surface area contributed by atoms with Gasteiger partial charge < -0.3 is 5.32 Å². The van der Waals surface area contributed by atoms with E-state index in [0.29, 0.717) is 5.56 Å². The molecule has 100 valence electrons. The average molecular weight is 271 g/mol. The molecule has 0 atom stereocenters. The Labute approximate surface area is 114 Å². The van der Waals surface area contributed by atoms with Crippen LogP contribution in [0.4, 0.5) is 20.3 Å². The van der Waals surface area contributed by atoms with Gasteiger partial charge in [-0.25, -0.2) is 13.8 Å². The number of aromatic nitrogens is 1. The van der Waals surface area contributed by atoms with Gasteiger partial charge in [0, 0.05) is 5.69 Å². The van der Waals surface area contributed by atoms with Crippen molar-refractivity contribution in [1.29, 1.82) is 5.26 Å². The Morgan fingerprint density at radius 2 is 2.10 bits per heavy atom. The molecule has 3 rings (SSSR count). The van der Waals surface area contributed by atoms with Crippen LogP contribution in [0.1, 0.15) is 23.2 Å². The van der Waals surface area contributed by atoms with E-state index in [1.54, 1.807) is 6.07 Å². The maximum Gasteiger partial charge on any atom is 0.182 e. The number of hydrogen-bond acceptors (Lipinski definition) is 3. The minimum Gasteiger partial charge on any atom is -0.337 e. The van der Waals surface area contributed by atoms with E-state index in [-0.39, 0.29) is 11.5 Å². The van der Waals surface area contributed by atoms with Crippen molar-refractivity contribution in [3.05, 3.63) is 52.7 Å². The van der Waals surface area contributed by atoms with E-state index in [2.05, 4.69) is 10.3 Å². The molecule has 0 amide bonds. The van der Waals surface area contributed by atoms with Gasteiger partial charge in [-0.05, 0) is 43.0 Å². The fourth-order valence-electron chi connectivity index (χ4n) is 2.38. The number of aryl methyl sites for hydroxylation is 2. The third kappa shape index (κ3) is 2.10. The molecule has 0 spiro atoms. The lowest BCUT2D eigenvalue weighted by Gasteiger charge is -2.10. The summed E-state index contributed by atoms with van der Waals surface area (Å²) in [6, 6.07) is 7.67. The molecule has 1 aliphatic rings. The van der Waals surface area contributed by atoms with Crippen molar-refractivity contribution in [1.82, 2.24) is 4.98 Å². The highest BCUT2D eigenvalue weighted by Crippen LogP contribution is 2.28. The van der Waals surface area contributed by atoms with Gasteiger partial charge in [-0.3, -0.25) is 0 Å². The lowest BCUT2D eigenvalue weighted by molar-refractivity contribution is 0.511. The van der Waals surface area contributed by atoms with Crippen molar-refractivity contribution in [2.45, 2.75) is 19.3 Å². The zero-order valence-electron chi connectivity index (χ0n) is 10.6. The molecule has 0 radical (unpaired) electrons. The Bertz CT molecular complexity index is 720. The van der Waals surface area contributed by atoms with Crippen LogP contribution in [-0.2, 0) is 12.8 Å². The summed E-state index contributed by atoms with van der Waals surface area (Å²) in [5.41, 5.74) is 2.30. The second-order valence-electron chi connectivity index (χ2n) is 4.68. The van der Waals surface area contributed by atoms with E-state index >= 15 is 0 Å². The van der Waals surface area contributed by atoms with Gasteiger partial charge in [0.05, 0.1) is 11.3 Å². The van der Waals surface area contributed by atoms with Crippen LogP contribution in [0.2, 0.25) is 0 Å². The SMILES string of the molecule is N#Cc1cc2c(nc1Nc1cccc(F)c1F)CCC2. The monoisotopic (exact) mass is 271 g/mol. The van der Waals surface area contributed by atoms with Gasteiger partial charge in [0.1, 0.15) is 11.9 Å². The standard InChI is InChI=1S/C15H11F2N3/c16-11-4-2-6-13(14(11)17)20-15-10(8-18)7-9-3-1-5-12(9)19-15/h2,4,6-7H,1,3,5H2,(H,19,20). The molecule has 5 heteroatoms. The highest BCUT2D eigenvalue weighted by Gasteiger charge is 2.17. The third-order valence-corrected chi connectivity index (χ3v) is 3.38. The van der Waals surface area contributed by atoms with Crippen LogP contribution in [0.3, 0.4) is 0 Å². The Morgan fingerprint density at radius 3 is 2.90 bits per heavy atom. The first-order valence-corrected chi connectivity index (χ1v) is 6.33. The molecule has 1 N–H and O–H groups in total. The molecule has 1 aliphatic carbocycles. The minimum atomic E-state index is -0.973. The summed E-state index contributed by atoms with van der Waals surface area (Å²) in [5, 5.41) is 11.9. The Morgan fingerprint density at radius 1 is 1.25 bits per heavy atom. The van der Waals surface area contributed by atoms with Crippen molar-refractivity contribution in [3.8, 4) is 6.07 Å². The van der Waals surface area contributed by atoms with Crippen LogP contribution >= 0.6 is 0 Å². The summed E-state index contributed by atoms with van der Waals surface area (Å²) < 4.78 is 26.8. The number of pyridine rings is 1. The average Bonchev–Trinajstić information content (AvgIpc) is 2.90. The van der Waals surface area contributed by atoms with E-state index in [4.69, 9.17) is 5.26 Å². The van der Waals surface area contributed by atoms with Gasteiger partial charge in [-0.15, -0.1) is 0 Å². The molecule has 1 aromatic carbocycles. The summed E-state index contributed by atoms with van der Waals surface area (Å²) in [7, 11) is 0. The number of anilines is 2. The summed E-state index contributed by atoms with van der Waals surface area (Å²) in [4.78, 5) is 4.37. The van der Waals surface area contributed by atoms with E-state index in [0.717, 1.165) is 36.6 Å². The molecule has 2 aromatic rings. The molecule has 0 saturated carbocycles. The van der Waals surface area contributed by atoms with Gasteiger partial charge in [0.2, 0.25) is 0 Å². The topological polar surface area (TPSA) is 48.7 Å². The maximum absolute atomic E-state index is 13.6. The van der Waals surface area contributed by atoms with E-state index in [9.17, 15) is 8.78 Å². The van der Waals surface area contributed by atoms with Crippen molar-refractivity contribution >= 4 is 11.5 Å². The first-order valence-electron chi connectivity index (χ1n) is 6.33. The number of benzene rings is 1. The van der Waals surface area contributed by atoms with Crippen LogP contribution < -0.4 is 5.32 Å². The number of fused-ring (bicyclic) bond motifs is 1. The number of hydrogen-bond donors (Lipinski definition) is 1. The van der Waals surface area contributed by atoms with Crippen molar-refractivity contribution in [2.24, 2.45) is 0 Å². The summed E-state index contributed by atoms with van der Waals surface area (Å²) in [6.45, 7) is 0. The van der Waals surface area contributed by atoms with Crippen molar-refractivity contribution < 1.29 is 8.78 Å². The third-order valence-electron chi connectivity index (χ3n) is 3.38. The quantitative estimate of drug-likeness (QED) is 0.909. The van der Waals surface area contributed by atoms with Gasteiger partial charge in [-0.1, -0.05) is 6.07 Å². The van der Waals surface area contributed by atoms with Crippen molar-refractivity contribution in [3.63, 3.8) is 0 Å². The summed E-state index contributed by atoms with van der Waals surface area (Å²) >= 11 is 0. The molecule has 3 nitrogen and oxygen atoms in total. The number of nitrogens with zero attached hydrogens (tertiary/aromatic N) is 2. The van der Waals surface area contributed by atoms with Gasteiger partial charge in [-0.2, -0.15) is 5.26 Å². The largest absolute Gasteiger partial charge is 0.337 e. The van der Waals surface area contributed by atoms with Crippen molar-refractivity contribution in [2.75, 3.05) is 5.32 Å². The molecule has 20 heavy (non-hydrogen) atoms. The molecule has 1 heterocycles. The Hall–Kier alpha value is -2.48. The highest BCUT2D eigenvalue weighted by molar-refractivity contribution is 5.64. The molecular weight excluding hydrogens is 260 g/mol. The van der Waals surface area contributed by atoms with Crippen LogP contribution in [0.5, 0.6) is 0 Å². The predicted molar refractivity (Wildman–Crippen MR) is 70.6 cm³/mol. The smallest absolute Gasteiger partial charge is 0.182 e. The van der Waals surface area contributed by atoms with Crippen LogP contribution in [-0.4, -0.2) is 4.98 Å². The zero-order chi connectivity index (χ0) is 14.1. The van der Waals surface area contributed by atoms with Crippen LogP contribution in [0.15, 0.2) is 24.3 Å². The van der Waals surface area contributed by atoms with Gasteiger partial charge >= 0.3 is 0 Å². The second kappa shape index (κ2) is 4.89. The van der Waals surface area contributed by atoms with E-state index in [1.807, 2.05) is 6.07 Å². The number of nitrogens with one attached hydrogen (secondary N) is 1. The molecule has 0 unspecified atom stereocenters. The normalized spacial score (nSPS) is 12.8. The zero-order valence-corrected chi connectivity index (χ0v) is 10.6. The number of rotatable bonds is 2.